The van der Waals surface area contributed by atoms with E-state index in [4.69, 9.17) is 5.73 Å². The monoisotopic (exact) mass is 251 g/mol. The van der Waals surface area contributed by atoms with Gasteiger partial charge in [0.25, 0.3) is 0 Å². The van der Waals surface area contributed by atoms with Gasteiger partial charge < -0.3 is 15.5 Å². The molecular formula is C14H22FN3. The Morgan fingerprint density at radius 2 is 1.94 bits per heavy atom. The fourth-order valence-electron chi connectivity index (χ4n) is 2.48. The van der Waals surface area contributed by atoms with Crippen LogP contribution < -0.4 is 10.6 Å². The maximum atomic E-state index is 13.3. The summed E-state index contributed by atoms with van der Waals surface area (Å²) in [5.41, 5.74) is 7.93. The number of halogens is 1. The van der Waals surface area contributed by atoms with Crippen molar-refractivity contribution in [3.63, 3.8) is 0 Å². The van der Waals surface area contributed by atoms with Crippen LogP contribution in [0.25, 0.3) is 0 Å². The summed E-state index contributed by atoms with van der Waals surface area (Å²) >= 11 is 0. The van der Waals surface area contributed by atoms with Crippen molar-refractivity contribution in [2.24, 2.45) is 5.73 Å². The van der Waals surface area contributed by atoms with Crippen LogP contribution in [0.15, 0.2) is 18.2 Å². The predicted molar refractivity (Wildman–Crippen MR) is 73.3 cm³/mol. The van der Waals surface area contributed by atoms with Crippen molar-refractivity contribution in [2.45, 2.75) is 19.9 Å². The van der Waals surface area contributed by atoms with Crippen LogP contribution in [0.5, 0.6) is 0 Å². The van der Waals surface area contributed by atoms with Gasteiger partial charge in [0, 0.05) is 37.9 Å². The maximum absolute atomic E-state index is 13.3. The highest BCUT2D eigenvalue weighted by molar-refractivity contribution is 5.55. The van der Waals surface area contributed by atoms with Gasteiger partial charge >= 0.3 is 0 Å². The molecule has 0 spiro atoms. The van der Waals surface area contributed by atoms with E-state index < -0.39 is 0 Å². The zero-order valence-electron chi connectivity index (χ0n) is 11.2. The number of hydrogen-bond acceptors (Lipinski definition) is 3. The zero-order chi connectivity index (χ0) is 13.1. The molecule has 0 radical (unpaired) electrons. The third-order valence-electron chi connectivity index (χ3n) is 3.64. The van der Waals surface area contributed by atoms with Gasteiger partial charge in [-0.3, -0.25) is 0 Å². The lowest BCUT2D eigenvalue weighted by atomic mass is 10.0. The van der Waals surface area contributed by atoms with Gasteiger partial charge in [-0.05, 0) is 37.2 Å². The molecule has 0 aromatic heterocycles. The van der Waals surface area contributed by atoms with Crippen LogP contribution in [0.1, 0.15) is 25.5 Å². The Bertz CT molecular complexity index is 398. The van der Waals surface area contributed by atoms with Gasteiger partial charge in [0.05, 0.1) is 0 Å². The van der Waals surface area contributed by atoms with Gasteiger partial charge in [-0.2, -0.15) is 0 Å². The van der Waals surface area contributed by atoms with E-state index in [2.05, 4.69) is 16.7 Å². The summed E-state index contributed by atoms with van der Waals surface area (Å²) in [5, 5.41) is 0. The van der Waals surface area contributed by atoms with Crippen LogP contribution >= 0.6 is 0 Å². The molecule has 1 heterocycles. The summed E-state index contributed by atoms with van der Waals surface area (Å²) in [7, 11) is 0. The molecule has 18 heavy (non-hydrogen) atoms. The average molecular weight is 251 g/mol. The zero-order valence-corrected chi connectivity index (χ0v) is 11.2. The molecule has 0 amide bonds. The van der Waals surface area contributed by atoms with Gasteiger partial charge in [0.15, 0.2) is 0 Å². The van der Waals surface area contributed by atoms with Crippen molar-refractivity contribution in [2.75, 3.05) is 37.6 Å². The van der Waals surface area contributed by atoms with E-state index in [1.54, 1.807) is 6.07 Å². The average Bonchev–Trinajstić information content (AvgIpc) is 2.39. The highest BCUT2D eigenvalue weighted by atomic mass is 19.1. The molecule has 2 rings (SSSR count). The fourth-order valence-corrected chi connectivity index (χ4v) is 2.48. The molecule has 1 fully saturated rings. The van der Waals surface area contributed by atoms with Crippen LogP contribution in [0.3, 0.4) is 0 Å². The molecule has 3 nitrogen and oxygen atoms in total. The van der Waals surface area contributed by atoms with Gasteiger partial charge in [-0.25, -0.2) is 4.39 Å². The summed E-state index contributed by atoms with van der Waals surface area (Å²) in [6.07, 6.45) is 0. The highest BCUT2D eigenvalue weighted by Gasteiger charge is 2.19. The number of hydrogen-bond donors (Lipinski definition) is 1. The van der Waals surface area contributed by atoms with E-state index in [-0.39, 0.29) is 11.9 Å². The lowest BCUT2D eigenvalue weighted by molar-refractivity contribution is 0.271. The molecule has 1 aliphatic rings. The van der Waals surface area contributed by atoms with Gasteiger partial charge in [-0.1, -0.05) is 6.92 Å². The molecule has 0 aliphatic carbocycles. The van der Waals surface area contributed by atoms with Crippen molar-refractivity contribution in [3.8, 4) is 0 Å². The summed E-state index contributed by atoms with van der Waals surface area (Å²) in [4.78, 5) is 4.73. The van der Waals surface area contributed by atoms with Crippen LogP contribution in [0.2, 0.25) is 0 Å². The number of piperazine rings is 1. The first-order valence-corrected chi connectivity index (χ1v) is 6.64. The number of nitrogens with two attached hydrogens (primary N) is 1. The molecule has 1 saturated heterocycles. The van der Waals surface area contributed by atoms with Crippen LogP contribution in [0.4, 0.5) is 10.1 Å². The second kappa shape index (κ2) is 5.67. The molecule has 1 aromatic carbocycles. The molecule has 1 aromatic rings. The van der Waals surface area contributed by atoms with E-state index in [1.807, 2.05) is 13.0 Å². The molecule has 2 N–H and O–H groups in total. The SMILES string of the molecule is CCN1CCN(c2ccc(F)cc2C(C)N)CC1. The van der Waals surface area contributed by atoms with Gasteiger partial charge in [0.2, 0.25) is 0 Å². The number of rotatable bonds is 3. The molecule has 4 heteroatoms. The van der Waals surface area contributed by atoms with E-state index in [0.717, 1.165) is 44.0 Å². The molecule has 100 valence electrons. The Hall–Kier alpha value is -1.13. The first-order chi connectivity index (χ1) is 8.61. The van der Waals surface area contributed by atoms with Crippen LogP contribution in [0, 0.1) is 5.82 Å². The summed E-state index contributed by atoms with van der Waals surface area (Å²) in [6, 6.07) is 4.80. The molecular weight excluding hydrogens is 229 g/mol. The Morgan fingerprint density at radius 1 is 1.28 bits per heavy atom. The smallest absolute Gasteiger partial charge is 0.123 e. The molecule has 1 aliphatic heterocycles. The first kappa shape index (κ1) is 13.3. The molecule has 1 unspecified atom stereocenters. The summed E-state index contributed by atoms with van der Waals surface area (Å²) < 4.78 is 13.3. The molecule has 1 atom stereocenters. The number of nitrogens with zero attached hydrogens (tertiary/aromatic N) is 2. The van der Waals surface area contributed by atoms with E-state index in [9.17, 15) is 4.39 Å². The summed E-state index contributed by atoms with van der Waals surface area (Å²) in [5.74, 6) is -0.210. The standard InChI is InChI=1S/C14H22FN3/c1-3-17-6-8-18(9-7-17)14-5-4-12(15)10-13(14)11(2)16/h4-5,10-11H,3,6-9,16H2,1-2H3. The number of benzene rings is 1. The topological polar surface area (TPSA) is 32.5 Å². The van der Waals surface area contributed by atoms with Gasteiger partial charge in [-0.15, -0.1) is 0 Å². The number of likely N-dealkylation sites (N-methyl/N-ethyl adjacent to an activating group) is 1. The summed E-state index contributed by atoms with van der Waals surface area (Å²) in [6.45, 7) is 9.27. The predicted octanol–water partition coefficient (Wildman–Crippen LogP) is 1.99. The first-order valence-electron chi connectivity index (χ1n) is 6.64. The molecule has 0 saturated carbocycles. The Kier molecular flexibility index (Phi) is 4.19. The van der Waals surface area contributed by atoms with Crippen molar-refractivity contribution in [1.29, 1.82) is 0 Å². The lowest BCUT2D eigenvalue weighted by Gasteiger charge is -2.37. The third-order valence-corrected chi connectivity index (χ3v) is 3.64. The Balaban J connectivity index is 2.18. The Labute approximate surface area is 108 Å². The second-order valence-electron chi connectivity index (χ2n) is 4.91. The minimum atomic E-state index is -0.210. The van der Waals surface area contributed by atoms with Crippen molar-refractivity contribution in [1.82, 2.24) is 4.90 Å². The quantitative estimate of drug-likeness (QED) is 0.891. The van der Waals surface area contributed by atoms with Gasteiger partial charge in [0.1, 0.15) is 5.82 Å². The normalized spacial score (nSPS) is 19.0. The van der Waals surface area contributed by atoms with Crippen LogP contribution in [-0.2, 0) is 0 Å². The minimum absolute atomic E-state index is 0.139. The van der Waals surface area contributed by atoms with E-state index in [1.165, 1.54) is 6.07 Å². The fraction of sp³-hybridized carbons (Fsp3) is 0.571. The van der Waals surface area contributed by atoms with Crippen molar-refractivity contribution >= 4 is 5.69 Å². The maximum Gasteiger partial charge on any atom is 0.123 e. The van der Waals surface area contributed by atoms with Crippen molar-refractivity contribution in [3.05, 3.63) is 29.6 Å². The minimum Gasteiger partial charge on any atom is -0.369 e. The second-order valence-corrected chi connectivity index (χ2v) is 4.91. The lowest BCUT2D eigenvalue weighted by Crippen LogP contribution is -2.46. The Morgan fingerprint density at radius 3 is 2.50 bits per heavy atom. The molecule has 0 bridgehead atoms. The highest BCUT2D eigenvalue weighted by Crippen LogP contribution is 2.27. The number of anilines is 1. The third kappa shape index (κ3) is 2.82. The van der Waals surface area contributed by atoms with Crippen molar-refractivity contribution < 1.29 is 4.39 Å². The van der Waals surface area contributed by atoms with Crippen LogP contribution in [-0.4, -0.2) is 37.6 Å². The van der Waals surface area contributed by atoms with E-state index in [0.29, 0.717) is 0 Å². The van der Waals surface area contributed by atoms with E-state index >= 15 is 0 Å². The largest absolute Gasteiger partial charge is 0.369 e.